The van der Waals surface area contributed by atoms with Crippen LogP contribution in [0.25, 0.3) is 16.4 Å². The van der Waals surface area contributed by atoms with Crippen molar-refractivity contribution in [2.24, 2.45) is 0 Å². The van der Waals surface area contributed by atoms with Gasteiger partial charge in [-0.2, -0.15) is 5.10 Å². The molecule has 0 aliphatic carbocycles. The summed E-state index contributed by atoms with van der Waals surface area (Å²) in [7, 11) is 0. The second kappa shape index (κ2) is 5.14. The van der Waals surface area contributed by atoms with Gasteiger partial charge in [0.1, 0.15) is 12.1 Å². The molecule has 100 valence electrons. The van der Waals surface area contributed by atoms with Crippen LogP contribution in [0.1, 0.15) is 16.2 Å². The summed E-state index contributed by atoms with van der Waals surface area (Å²) in [4.78, 5) is 16.4. The number of aromatic amines is 1. The van der Waals surface area contributed by atoms with Crippen molar-refractivity contribution < 1.29 is 14.3 Å². The zero-order valence-electron chi connectivity index (χ0n) is 10.1. The number of furan rings is 1. The topological polar surface area (TPSA) is 92.0 Å². The third-order valence-corrected chi connectivity index (χ3v) is 3.47. The average molecular weight is 287 g/mol. The first-order valence-electron chi connectivity index (χ1n) is 5.68. The Hall–Kier alpha value is -2.67. The van der Waals surface area contributed by atoms with Gasteiger partial charge in [-0.25, -0.2) is 4.98 Å². The number of nitrogens with one attached hydrogen (secondary N) is 1. The van der Waals surface area contributed by atoms with E-state index in [1.54, 1.807) is 6.07 Å². The summed E-state index contributed by atoms with van der Waals surface area (Å²) in [6, 6.07) is 5.36. The maximum Gasteiger partial charge on any atom is 0.226 e. The van der Waals surface area contributed by atoms with Crippen LogP contribution in [0.5, 0.6) is 0 Å². The number of ketones is 1. The normalized spacial score (nSPS) is 11.7. The quantitative estimate of drug-likeness (QED) is 0.437. The summed E-state index contributed by atoms with van der Waals surface area (Å²) in [5.74, 6) is -0.0429. The van der Waals surface area contributed by atoms with Gasteiger partial charge in [0, 0.05) is 6.08 Å². The number of thiophene rings is 1. The molecule has 0 saturated carbocycles. The Morgan fingerprint density at radius 1 is 1.45 bits per heavy atom. The Balaban J connectivity index is 1.94. The van der Waals surface area contributed by atoms with Crippen LogP contribution in [0.3, 0.4) is 0 Å². The molecule has 0 atom stereocenters. The number of aliphatic hydroxyl groups excluding tert-OH is 1. The number of rotatable bonds is 4. The summed E-state index contributed by atoms with van der Waals surface area (Å²) < 4.78 is 5.36. The standard InChI is InChI=1S/C13H9N3O3S/c17-9(6-10(18)13-14-7-15-16-13)8-3-4-19-12(8)11-2-1-5-20-11/h1-7,17H,(H,14,15,16). The molecule has 20 heavy (non-hydrogen) atoms. The van der Waals surface area contributed by atoms with Gasteiger partial charge in [0.2, 0.25) is 5.78 Å². The van der Waals surface area contributed by atoms with Crippen LogP contribution in [0.2, 0.25) is 0 Å². The van der Waals surface area contributed by atoms with E-state index < -0.39 is 5.78 Å². The van der Waals surface area contributed by atoms with E-state index in [1.165, 1.54) is 23.9 Å². The predicted molar refractivity (Wildman–Crippen MR) is 73.3 cm³/mol. The van der Waals surface area contributed by atoms with Crippen LogP contribution < -0.4 is 0 Å². The second-order valence-electron chi connectivity index (χ2n) is 3.87. The maximum absolute atomic E-state index is 11.8. The Bertz CT molecular complexity index is 742. The van der Waals surface area contributed by atoms with Gasteiger partial charge >= 0.3 is 0 Å². The van der Waals surface area contributed by atoms with Gasteiger partial charge in [-0.3, -0.25) is 9.89 Å². The van der Waals surface area contributed by atoms with Gasteiger partial charge in [0.25, 0.3) is 0 Å². The Labute approximate surface area is 117 Å². The third-order valence-electron chi connectivity index (χ3n) is 2.60. The van der Waals surface area contributed by atoms with E-state index in [-0.39, 0.29) is 11.6 Å². The predicted octanol–water partition coefficient (Wildman–Crippen LogP) is 2.91. The summed E-state index contributed by atoms with van der Waals surface area (Å²) in [5, 5.41) is 18.0. The molecule has 6 nitrogen and oxygen atoms in total. The van der Waals surface area contributed by atoms with Crippen LogP contribution >= 0.6 is 11.3 Å². The van der Waals surface area contributed by atoms with E-state index in [4.69, 9.17) is 4.42 Å². The smallest absolute Gasteiger partial charge is 0.226 e. The van der Waals surface area contributed by atoms with Crippen molar-refractivity contribution in [2.75, 3.05) is 0 Å². The van der Waals surface area contributed by atoms with E-state index >= 15 is 0 Å². The van der Waals surface area contributed by atoms with Gasteiger partial charge in [-0.15, -0.1) is 11.3 Å². The number of H-pyrrole nitrogens is 1. The molecule has 7 heteroatoms. The molecule has 3 aromatic rings. The first-order valence-corrected chi connectivity index (χ1v) is 6.56. The fourth-order valence-electron chi connectivity index (χ4n) is 1.70. The molecule has 0 radical (unpaired) electrons. The lowest BCUT2D eigenvalue weighted by molar-refractivity contribution is 0.103. The maximum atomic E-state index is 11.8. The molecule has 0 spiro atoms. The highest BCUT2D eigenvalue weighted by Crippen LogP contribution is 2.32. The summed E-state index contributed by atoms with van der Waals surface area (Å²) in [6.45, 7) is 0. The molecule has 3 heterocycles. The van der Waals surface area contributed by atoms with Crippen molar-refractivity contribution in [3.63, 3.8) is 0 Å². The highest BCUT2D eigenvalue weighted by atomic mass is 32.1. The molecule has 2 N–H and O–H groups in total. The molecule has 0 aliphatic heterocycles. The van der Waals surface area contributed by atoms with Crippen LogP contribution in [0.15, 0.2) is 46.7 Å². The zero-order chi connectivity index (χ0) is 13.9. The first-order chi connectivity index (χ1) is 9.75. The number of allylic oxidation sites excluding steroid dienone is 1. The number of carbonyl (C=O) groups excluding carboxylic acids is 1. The van der Waals surface area contributed by atoms with Crippen molar-refractivity contribution in [3.8, 4) is 10.6 Å². The first kappa shape index (κ1) is 12.4. The highest BCUT2D eigenvalue weighted by molar-refractivity contribution is 7.13. The lowest BCUT2D eigenvalue weighted by atomic mass is 10.1. The molecule has 0 saturated heterocycles. The summed E-state index contributed by atoms with van der Waals surface area (Å²) >= 11 is 1.48. The Kier molecular flexibility index (Phi) is 3.18. The van der Waals surface area contributed by atoms with E-state index in [2.05, 4.69) is 15.2 Å². The summed E-state index contributed by atoms with van der Waals surface area (Å²) in [6.07, 6.45) is 3.78. The number of carbonyl (C=O) groups is 1. The molecule has 0 aliphatic rings. The van der Waals surface area contributed by atoms with Gasteiger partial charge in [-0.1, -0.05) is 6.07 Å². The van der Waals surface area contributed by atoms with E-state index in [9.17, 15) is 9.90 Å². The second-order valence-corrected chi connectivity index (χ2v) is 4.82. The molecule has 0 amide bonds. The fraction of sp³-hybridized carbons (Fsp3) is 0. The Morgan fingerprint density at radius 3 is 3.05 bits per heavy atom. The van der Waals surface area contributed by atoms with E-state index in [1.807, 2.05) is 17.5 Å². The molecular formula is C13H9N3O3S. The van der Waals surface area contributed by atoms with Crippen LogP contribution in [-0.2, 0) is 0 Å². The number of nitrogens with zero attached hydrogens (tertiary/aromatic N) is 2. The number of hydrogen-bond donors (Lipinski definition) is 2. The lowest BCUT2D eigenvalue weighted by Gasteiger charge is -1.99. The minimum absolute atomic E-state index is 0.0673. The molecule has 0 fully saturated rings. The third kappa shape index (κ3) is 2.26. The number of aliphatic hydroxyl groups is 1. The molecule has 3 rings (SSSR count). The largest absolute Gasteiger partial charge is 0.507 e. The minimum atomic E-state index is -0.460. The number of hydrogen-bond acceptors (Lipinski definition) is 6. The Morgan fingerprint density at radius 2 is 2.35 bits per heavy atom. The van der Waals surface area contributed by atoms with Gasteiger partial charge in [0.05, 0.1) is 16.7 Å². The van der Waals surface area contributed by atoms with Crippen LogP contribution in [0, 0.1) is 0 Å². The molecular weight excluding hydrogens is 278 g/mol. The average Bonchev–Trinajstić information content (AvgIpc) is 3.19. The fourth-order valence-corrected chi connectivity index (χ4v) is 2.43. The molecule has 0 bridgehead atoms. The van der Waals surface area contributed by atoms with Crippen LogP contribution in [-0.4, -0.2) is 26.1 Å². The van der Waals surface area contributed by atoms with Crippen molar-refractivity contribution in [3.05, 3.63) is 53.6 Å². The summed E-state index contributed by atoms with van der Waals surface area (Å²) in [5.41, 5.74) is 0.459. The lowest BCUT2D eigenvalue weighted by Crippen LogP contribution is -1.99. The monoisotopic (exact) mass is 287 g/mol. The molecule has 3 aromatic heterocycles. The molecule has 0 aromatic carbocycles. The number of aromatic nitrogens is 3. The highest BCUT2D eigenvalue weighted by Gasteiger charge is 2.15. The van der Waals surface area contributed by atoms with Crippen molar-refractivity contribution in [2.45, 2.75) is 0 Å². The van der Waals surface area contributed by atoms with E-state index in [0.29, 0.717) is 11.3 Å². The zero-order valence-corrected chi connectivity index (χ0v) is 10.9. The van der Waals surface area contributed by atoms with Crippen molar-refractivity contribution in [1.29, 1.82) is 0 Å². The van der Waals surface area contributed by atoms with E-state index in [0.717, 1.165) is 11.0 Å². The van der Waals surface area contributed by atoms with Crippen LogP contribution in [0.4, 0.5) is 0 Å². The SMILES string of the molecule is O=C(C=C(O)c1ccoc1-c1cccs1)c1ncn[nH]1. The van der Waals surface area contributed by atoms with Gasteiger partial charge < -0.3 is 9.52 Å². The van der Waals surface area contributed by atoms with Crippen molar-refractivity contribution in [1.82, 2.24) is 15.2 Å². The van der Waals surface area contributed by atoms with Gasteiger partial charge in [0.15, 0.2) is 11.6 Å². The van der Waals surface area contributed by atoms with Crippen molar-refractivity contribution >= 4 is 22.9 Å². The molecule has 0 unspecified atom stereocenters. The van der Waals surface area contributed by atoms with Gasteiger partial charge in [-0.05, 0) is 17.5 Å². The minimum Gasteiger partial charge on any atom is -0.507 e.